The molecule has 12 heavy (non-hydrogen) atoms. The zero-order valence-electron chi connectivity index (χ0n) is 7.88. The molecule has 3 nitrogen and oxygen atoms in total. The molecular weight excluding hydrogens is 178 g/mol. The number of nitrogens with two attached hydrogens (primary N) is 1. The number of hydrogen-bond donors (Lipinski definition) is 2. The summed E-state index contributed by atoms with van der Waals surface area (Å²) in [7, 11) is 0. The number of halogens is 1. The van der Waals surface area contributed by atoms with Crippen molar-refractivity contribution in [1.29, 1.82) is 0 Å². The minimum atomic E-state index is -0.913. The van der Waals surface area contributed by atoms with E-state index in [1.807, 2.05) is 20.8 Å². The molecule has 0 unspecified atom stereocenters. The first-order valence-corrected chi connectivity index (χ1v) is 4.53. The van der Waals surface area contributed by atoms with Gasteiger partial charge in [0.1, 0.15) is 6.04 Å². The summed E-state index contributed by atoms with van der Waals surface area (Å²) in [5, 5.41) is 8.31. The Morgan fingerprint density at radius 2 is 1.92 bits per heavy atom. The molecule has 3 N–H and O–H groups in total. The summed E-state index contributed by atoms with van der Waals surface area (Å²) in [5.41, 5.74) is 5.22. The predicted molar refractivity (Wildman–Crippen MR) is 51.5 cm³/mol. The monoisotopic (exact) mass is 195 g/mol. The molecule has 4 heteroatoms. The van der Waals surface area contributed by atoms with Crippen LogP contribution in [0.4, 0.5) is 0 Å². The number of rotatable bonds is 3. The molecule has 0 aromatic carbocycles. The van der Waals surface area contributed by atoms with Crippen LogP contribution in [0.2, 0.25) is 0 Å². The van der Waals surface area contributed by atoms with E-state index in [1.54, 1.807) is 0 Å². The Kier molecular flexibility index (Phi) is 10.5. The minimum absolute atomic E-state index is 0.357. The van der Waals surface area contributed by atoms with Crippen LogP contribution in [0.3, 0.4) is 0 Å². The van der Waals surface area contributed by atoms with Gasteiger partial charge in [0, 0.05) is 5.88 Å². The third-order valence-electron chi connectivity index (χ3n) is 1.04. The molecule has 0 saturated carbocycles. The van der Waals surface area contributed by atoms with Gasteiger partial charge in [0.2, 0.25) is 0 Å². The third-order valence-corrected chi connectivity index (χ3v) is 1.04. The molecule has 0 aromatic rings. The minimum Gasteiger partial charge on any atom is -0.480 e. The Labute approximate surface area is 78.9 Å². The van der Waals surface area contributed by atoms with E-state index in [2.05, 4.69) is 0 Å². The van der Waals surface area contributed by atoms with Gasteiger partial charge in [-0.15, -0.1) is 11.6 Å². The number of carboxylic acids is 1. The fourth-order valence-corrected chi connectivity index (χ4v) is 0.609. The maximum atomic E-state index is 10.1. The third kappa shape index (κ3) is 12.4. The largest absolute Gasteiger partial charge is 0.480 e. The van der Waals surface area contributed by atoms with Crippen molar-refractivity contribution in [3.8, 4) is 0 Å². The van der Waals surface area contributed by atoms with Crippen molar-refractivity contribution < 1.29 is 9.90 Å². The fraction of sp³-hybridized carbons (Fsp3) is 0.875. The van der Waals surface area contributed by atoms with Crippen molar-refractivity contribution in [2.45, 2.75) is 33.2 Å². The average Bonchev–Trinajstić information content (AvgIpc) is 1.87. The SMILES string of the molecule is CC(C)C[C@H](N)C(=O)O.CCCl. The topological polar surface area (TPSA) is 63.3 Å². The lowest BCUT2D eigenvalue weighted by molar-refractivity contribution is -0.138. The molecule has 0 fully saturated rings. The zero-order valence-corrected chi connectivity index (χ0v) is 8.64. The van der Waals surface area contributed by atoms with Gasteiger partial charge in [0.15, 0.2) is 0 Å². The predicted octanol–water partition coefficient (Wildman–Crippen LogP) is 1.69. The van der Waals surface area contributed by atoms with E-state index in [0.29, 0.717) is 12.3 Å². The van der Waals surface area contributed by atoms with Gasteiger partial charge in [-0.1, -0.05) is 20.8 Å². The first kappa shape index (κ1) is 14.3. The lowest BCUT2D eigenvalue weighted by atomic mass is 10.1. The second-order valence-corrected chi connectivity index (χ2v) is 3.38. The smallest absolute Gasteiger partial charge is 0.320 e. The van der Waals surface area contributed by atoms with Gasteiger partial charge in [-0.05, 0) is 12.3 Å². The van der Waals surface area contributed by atoms with Gasteiger partial charge in [-0.3, -0.25) is 4.79 Å². The molecule has 74 valence electrons. The molecule has 0 spiro atoms. The van der Waals surface area contributed by atoms with Crippen molar-refractivity contribution in [2.75, 3.05) is 5.88 Å². The van der Waals surface area contributed by atoms with Crippen molar-refractivity contribution in [3.05, 3.63) is 0 Å². The molecule has 0 heterocycles. The summed E-state index contributed by atoms with van der Waals surface area (Å²) < 4.78 is 0. The molecule has 0 rings (SSSR count). The highest BCUT2D eigenvalue weighted by molar-refractivity contribution is 6.17. The van der Waals surface area contributed by atoms with Crippen LogP contribution in [0.1, 0.15) is 27.2 Å². The zero-order chi connectivity index (χ0) is 10.1. The highest BCUT2D eigenvalue weighted by Gasteiger charge is 2.11. The summed E-state index contributed by atoms with van der Waals surface area (Å²) in [6.45, 7) is 5.78. The molecule has 0 aliphatic rings. The Balaban J connectivity index is 0. The molecule has 0 radical (unpaired) electrons. The Morgan fingerprint density at radius 3 is 2.00 bits per heavy atom. The number of alkyl halides is 1. The van der Waals surface area contributed by atoms with Gasteiger partial charge < -0.3 is 10.8 Å². The van der Waals surface area contributed by atoms with Gasteiger partial charge in [0.05, 0.1) is 0 Å². The van der Waals surface area contributed by atoms with E-state index in [0.717, 1.165) is 5.88 Å². The van der Waals surface area contributed by atoms with E-state index < -0.39 is 12.0 Å². The van der Waals surface area contributed by atoms with Gasteiger partial charge >= 0.3 is 5.97 Å². The quantitative estimate of drug-likeness (QED) is 0.674. The van der Waals surface area contributed by atoms with Crippen LogP contribution in [0.25, 0.3) is 0 Å². The molecule has 0 aromatic heterocycles. The van der Waals surface area contributed by atoms with Crippen LogP contribution in [0.5, 0.6) is 0 Å². The van der Waals surface area contributed by atoms with E-state index in [-0.39, 0.29) is 0 Å². The van der Waals surface area contributed by atoms with Crippen LogP contribution in [-0.2, 0) is 4.79 Å². The van der Waals surface area contributed by atoms with Crippen molar-refractivity contribution in [2.24, 2.45) is 11.7 Å². The van der Waals surface area contributed by atoms with Crippen molar-refractivity contribution in [1.82, 2.24) is 0 Å². The number of hydrogen-bond acceptors (Lipinski definition) is 2. The van der Waals surface area contributed by atoms with Crippen LogP contribution >= 0.6 is 11.6 Å². The first-order chi connectivity index (χ1) is 5.45. The second-order valence-electron chi connectivity index (χ2n) is 2.84. The second kappa shape index (κ2) is 8.81. The number of carbonyl (C=O) groups is 1. The standard InChI is InChI=1S/C6H13NO2.C2H5Cl/c1-4(2)3-5(7)6(8)9;1-2-3/h4-5H,3,7H2,1-2H3,(H,8,9);2H2,1H3/t5-;/m0./s1. The Bertz CT molecular complexity index is 118. The maximum Gasteiger partial charge on any atom is 0.320 e. The molecule has 0 bridgehead atoms. The van der Waals surface area contributed by atoms with E-state index in [1.165, 1.54) is 0 Å². The highest BCUT2D eigenvalue weighted by Crippen LogP contribution is 2.01. The van der Waals surface area contributed by atoms with Crippen LogP contribution in [0, 0.1) is 5.92 Å². The molecule has 0 aliphatic heterocycles. The lowest BCUT2D eigenvalue weighted by Gasteiger charge is -2.07. The Morgan fingerprint density at radius 1 is 1.58 bits per heavy atom. The fourth-order valence-electron chi connectivity index (χ4n) is 0.609. The van der Waals surface area contributed by atoms with Crippen LogP contribution in [-0.4, -0.2) is 23.0 Å². The van der Waals surface area contributed by atoms with Crippen LogP contribution in [0.15, 0.2) is 0 Å². The molecule has 0 amide bonds. The van der Waals surface area contributed by atoms with E-state index in [4.69, 9.17) is 22.4 Å². The summed E-state index contributed by atoms with van der Waals surface area (Å²) in [5.74, 6) is 0.166. The lowest BCUT2D eigenvalue weighted by Crippen LogP contribution is -2.31. The molecule has 0 aliphatic carbocycles. The highest BCUT2D eigenvalue weighted by atomic mass is 35.5. The van der Waals surface area contributed by atoms with E-state index in [9.17, 15) is 4.79 Å². The van der Waals surface area contributed by atoms with Crippen molar-refractivity contribution >= 4 is 17.6 Å². The van der Waals surface area contributed by atoms with Crippen LogP contribution < -0.4 is 5.73 Å². The maximum absolute atomic E-state index is 10.1. The van der Waals surface area contributed by atoms with Crippen molar-refractivity contribution in [3.63, 3.8) is 0 Å². The summed E-state index contributed by atoms with van der Waals surface area (Å²) in [6, 6.07) is -0.690. The summed E-state index contributed by atoms with van der Waals surface area (Å²) in [6.07, 6.45) is 0.551. The number of aliphatic carboxylic acids is 1. The molecule has 1 atom stereocenters. The van der Waals surface area contributed by atoms with Gasteiger partial charge in [-0.25, -0.2) is 0 Å². The van der Waals surface area contributed by atoms with Gasteiger partial charge in [0.25, 0.3) is 0 Å². The molecular formula is C8H18ClNO2. The van der Waals surface area contributed by atoms with E-state index >= 15 is 0 Å². The number of carboxylic acid groups (broad SMARTS) is 1. The first-order valence-electron chi connectivity index (χ1n) is 4.00. The summed E-state index contributed by atoms with van der Waals surface area (Å²) >= 11 is 5.00. The Hall–Kier alpha value is -0.280. The molecule has 0 saturated heterocycles. The summed E-state index contributed by atoms with van der Waals surface area (Å²) in [4.78, 5) is 10.1. The van der Waals surface area contributed by atoms with Gasteiger partial charge in [-0.2, -0.15) is 0 Å². The normalized spacial score (nSPS) is 11.8. The average molecular weight is 196 g/mol.